The highest BCUT2D eigenvalue weighted by Crippen LogP contribution is 2.09. The van der Waals surface area contributed by atoms with Gasteiger partial charge in [0, 0.05) is 10.9 Å². The quantitative estimate of drug-likeness (QED) is 0.863. The van der Waals surface area contributed by atoms with Crippen molar-refractivity contribution in [2.24, 2.45) is 0 Å². The molecule has 1 heterocycles. The molecule has 1 aromatic heterocycles. The van der Waals surface area contributed by atoms with Gasteiger partial charge in [-0.3, -0.25) is 4.79 Å². The second-order valence-electron chi connectivity index (χ2n) is 4.09. The van der Waals surface area contributed by atoms with Crippen LogP contribution in [0.4, 0.5) is 8.78 Å². The molecule has 0 aliphatic rings. The average Bonchev–Trinajstić information content (AvgIpc) is 2.94. The molecule has 0 unspecified atom stereocenters. The first-order chi connectivity index (χ1) is 10.0. The van der Waals surface area contributed by atoms with Gasteiger partial charge < -0.3 is 10.1 Å². The molecule has 110 valence electrons. The molecule has 0 radical (unpaired) electrons. The predicted molar refractivity (Wildman–Crippen MR) is 72.8 cm³/mol. The van der Waals surface area contributed by atoms with Crippen molar-refractivity contribution in [2.75, 3.05) is 6.61 Å². The fraction of sp³-hybridized carbons (Fsp3) is 0.143. The molecule has 0 aliphatic heterocycles. The third-order valence-electron chi connectivity index (χ3n) is 2.47. The number of esters is 1. The highest BCUT2D eigenvalue weighted by molar-refractivity contribution is 7.09. The molecular formula is C14H11F2NO3S. The summed E-state index contributed by atoms with van der Waals surface area (Å²) < 4.78 is 30.6. The van der Waals surface area contributed by atoms with Crippen LogP contribution in [0.1, 0.15) is 15.2 Å². The second kappa shape index (κ2) is 6.94. The lowest BCUT2D eigenvalue weighted by atomic mass is 10.2. The molecule has 0 bridgehead atoms. The Kier molecular flexibility index (Phi) is 4.99. The number of hydrogen-bond acceptors (Lipinski definition) is 4. The van der Waals surface area contributed by atoms with Crippen molar-refractivity contribution in [2.45, 2.75) is 6.54 Å². The summed E-state index contributed by atoms with van der Waals surface area (Å²) in [7, 11) is 0. The van der Waals surface area contributed by atoms with Crippen molar-refractivity contribution >= 4 is 23.2 Å². The molecule has 0 atom stereocenters. The summed E-state index contributed by atoms with van der Waals surface area (Å²) >= 11 is 1.48. The SMILES string of the molecule is O=C(COC(=O)c1cc(F)cc(F)c1)NCc1cccs1. The first-order valence-electron chi connectivity index (χ1n) is 5.97. The van der Waals surface area contributed by atoms with Crippen molar-refractivity contribution < 1.29 is 23.1 Å². The number of halogens is 2. The summed E-state index contributed by atoms with van der Waals surface area (Å²) in [6, 6.07) is 6.03. The Bertz CT molecular complexity index is 623. The monoisotopic (exact) mass is 311 g/mol. The van der Waals surface area contributed by atoms with Crippen LogP contribution in [0, 0.1) is 11.6 Å². The number of rotatable bonds is 5. The Labute approximate surface area is 123 Å². The average molecular weight is 311 g/mol. The van der Waals surface area contributed by atoms with Gasteiger partial charge in [-0.2, -0.15) is 0 Å². The van der Waals surface area contributed by atoms with Crippen LogP contribution < -0.4 is 5.32 Å². The maximum absolute atomic E-state index is 12.9. The van der Waals surface area contributed by atoms with E-state index in [1.165, 1.54) is 11.3 Å². The van der Waals surface area contributed by atoms with Crippen LogP contribution in [0.25, 0.3) is 0 Å². The van der Waals surface area contributed by atoms with E-state index in [2.05, 4.69) is 10.1 Å². The molecule has 0 fully saturated rings. The normalized spacial score (nSPS) is 10.2. The molecular weight excluding hydrogens is 300 g/mol. The van der Waals surface area contributed by atoms with E-state index in [0.717, 1.165) is 17.0 Å². The highest BCUT2D eigenvalue weighted by atomic mass is 32.1. The van der Waals surface area contributed by atoms with Gasteiger partial charge in [0.1, 0.15) is 11.6 Å². The van der Waals surface area contributed by atoms with Crippen molar-refractivity contribution in [1.29, 1.82) is 0 Å². The molecule has 7 heteroatoms. The summed E-state index contributed by atoms with van der Waals surface area (Å²) in [5.74, 6) is -3.22. The lowest BCUT2D eigenvalue weighted by Gasteiger charge is -2.06. The molecule has 0 saturated heterocycles. The van der Waals surface area contributed by atoms with Gasteiger partial charge in [0.05, 0.1) is 12.1 Å². The molecule has 2 aromatic rings. The minimum atomic E-state index is -0.959. The number of carbonyl (C=O) groups excluding carboxylic acids is 2. The summed E-state index contributed by atoms with van der Waals surface area (Å²) in [5, 5.41) is 4.44. The van der Waals surface area contributed by atoms with Crippen molar-refractivity contribution in [3.8, 4) is 0 Å². The van der Waals surface area contributed by atoms with Gasteiger partial charge in [-0.25, -0.2) is 13.6 Å². The number of amides is 1. The van der Waals surface area contributed by atoms with Crippen LogP contribution in [0.15, 0.2) is 35.7 Å². The topological polar surface area (TPSA) is 55.4 Å². The Morgan fingerprint density at radius 2 is 1.90 bits per heavy atom. The van der Waals surface area contributed by atoms with Crippen molar-refractivity contribution in [3.63, 3.8) is 0 Å². The molecule has 21 heavy (non-hydrogen) atoms. The van der Waals surface area contributed by atoms with E-state index in [-0.39, 0.29) is 5.56 Å². The van der Waals surface area contributed by atoms with E-state index < -0.39 is 30.1 Å². The number of carbonyl (C=O) groups is 2. The van der Waals surface area contributed by atoms with Crippen LogP contribution in [0.2, 0.25) is 0 Å². The molecule has 0 saturated carbocycles. The zero-order chi connectivity index (χ0) is 15.2. The van der Waals surface area contributed by atoms with Crippen LogP contribution in [0.5, 0.6) is 0 Å². The fourth-order valence-electron chi connectivity index (χ4n) is 1.54. The number of thiophene rings is 1. The maximum atomic E-state index is 12.9. The third kappa shape index (κ3) is 4.64. The van der Waals surface area contributed by atoms with Gasteiger partial charge in [-0.1, -0.05) is 6.07 Å². The van der Waals surface area contributed by atoms with Gasteiger partial charge in [-0.05, 0) is 23.6 Å². The van der Waals surface area contributed by atoms with E-state index >= 15 is 0 Å². The van der Waals surface area contributed by atoms with Crippen LogP contribution >= 0.6 is 11.3 Å². The van der Waals surface area contributed by atoms with E-state index in [0.29, 0.717) is 12.6 Å². The Hall–Kier alpha value is -2.28. The minimum absolute atomic E-state index is 0.279. The standard InChI is InChI=1S/C14H11F2NO3S/c15-10-4-9(5-11(16)6-10)14(19)20-8-13(18)17-7-12-2-1-3-21-12/h1-6H,7-8H2,(H,17,18). The second-order valence-corrected chi connectivity index (χ2v) is 5.12. The number of benzene rings is 1. The summed E-state index contributed by atoms with van der Waals surface area (Å²) in [6.45, 7) is -0.176. The molecule has 1 aromatic carbocycles. The zero-order valence-corrected chi connectivity index (χ0v) is 11.6. The minimum Gasteiger partial charge on any atom is -0.452 e. The van der Waals surface area contributed by atoms with Gasteiger partial charge in [0.15, 0.2) is 6.61 Å². The molecule has 0 spiro atoms. The molecule has 0 aliphatic carbocycles. The molecule has 1 N–H and O–H groups in total. The van der Waals surface area contributed by atoms with E-state index in [4.69, 9.17) is 0 Å². The van der Waals surface area contributed by atoms with E-state index in [9.17, 15) is 18.4 Å². The lowest BCUT2D eigenvalue weighted by molar-refractivity contribution is -0.124. The Morgan fingerprint density at radius 3 is 2.52 bits per heavy atom. The molecule has 2 rings (SSSR count). The van der Waals surface area contributed by atoms with Crippen LogP contribution in [-0.2, 0) is 16.1 Å². The molecule has 4 nitrogen and oxygen atoms in total. The maximum Gasteiger partial charge on any atom is 0.338 e. The first kappa shape index (κ1) is 15.1. The number of hydrogen-bond donors (Lipinski definition) is 1. The third-order valence-corrected chi connectivity index (χ3v) is 3.35. The Morgan fingerprint density at radius 1 is 1.19 bits per heavy atom. The van der Waals surface area contributed by atoms with E-state index in [1.807, 2.05) is 17.5 Å². The van der Waals surface area contributed by atoms with Gasteiger partial charge in [0.25, 0.3) is 5.91 Å². The number of ether oxygens (including phenoxy) is 1. The highest BCUT2D eigenvalue weighted by Gasteiger charge is 2.12. The van der Waals surface area contributed by atoms with Crippen LogP contribution in [-0.4, -0.2) is 18.5 Å². The van der Waals surface area contributed by atoms with Gasteiger partial charge >= 0.3 is 5.97 Å². The largest absolute Gasteiger partial charge is 0.452 e. The van der Waals surface area contributed by atoms with Crippen molar-refractivity contribution in [3.05, 3.63) is 57.8 Å². The van der Waals surface area contributed by atoms with Gasteiger partial charge in [-0.15, -0.1) is 11.3 Å². The zero-order valence-electron chi connectivity index (χ0n) is 10.8. The first-order valence-corrected chi connectivity index (χ1v) is 6.85. The Balaban J connectivity index is 1.81. The van der Waals surface area contributed by atoms with Crippen LogP contribution in [0.3, 0.4) is 0 Å². The number of nitrogens with one attached hydrogen (secondary N) is 1. The summed E-state index contributed by atoms with van der Waals surface area (Å²) in [4.78, 5) is 24.0. The predicted octanol–water partition coefficient (Wildman–Crippen LogP) is 2.50. The fourth-order valence-corrected chi connectivity index (χ4v) is 2.18. The van der Waals surface area contributed by atoms with E-state index in [1.54, 1.807) is 0 Å². The summed E-state index contributed by atoms with van der Waals surface area (Å²) in [6.07, 6.45) is 0. The van der Waals surface area contributed by atoms with Crippen molar-refractivity contribution in [1.82, 2.24) is 5.32 Å². The lowest BCUT2D eigenvalue weighted by Crippen LogP contribution is -2.28. The smallest absolute Gasteiger partial charge is 0.338 e. The van der Waals surface area contributed by atoms with Gasteiger partial charge in [0.2, 0.25) is 0 Å². The summed E-state index contributed by atoms with van der Waals surface area (Å²) in [5.41, 5.74) is -0.279. The molecule has 1 amide bonds.